The third-order valence-electron chi connectivity index (χ3n) is 2.39. The molecule has 0 bridgehead atoms. The van der Waals surface area contributed by atoms with Gasteiger partial charge in [0.1, 0.15) is 0 Å². The molecule has 0 aliphatic rings. The van der Waals surface area contributed by atoms with Gasteiger partial charge in [-0.15, -0.1) is 5.10 Å². The molecule has 0 aliphatic carbocycles. The van der Waals surface area contributed by atoms with Crippen molar-refractivity contribution in [1.29, 1.82) is 0 Å². The third-order valence-corrected chi connectivity index (χ3v) is 2.93. The van der Waals surface area contributed by atoms with Crippen molar-refractivity contribution in [2.45, 2.75) is 0 Å². The monoisotopic (exact) mass is 248 g/mol. The molecule has 1 aromatic heterocycles. The Balaban J connectivity index is 2.25. The van der Waals surface area contributed by atoms with E-state index in [0.717, 1.165) is 0 Å². The van der Waals surface area contributed by atoms with Crippen LogP contribution in [-0.4, -0.2) is 20.3 Å². The lowest BCUT2D eigenvalue weighted by atomic mass is 10.2. The minimum atomic E-state index is -0.200. The van der Waals surface area contributed by atoms with Crippen molar-refractivity contribution in [3.63, 3.8) is 0 Å². The fraction of sp³-hybridized carbons (Fsp3) is 0.182. The zero-order valence-electron chi connectivity index (χ0n) is 9.54. The number of nitrogens with zero attached hydrogens (tertiary/aromatic N) is 3. The molecule has 1 heterocycles. The molecular weight excluding hydrogens is 236 g/mol. The number of aromatic nitrogens is 3. The summed E-state index contributed by atoms with van der Waals surface area (Å²) in [5.41, 5.74) is 0.587. The molecular formula is C11H12N4OS. The highest BCUT2D eigenvalue weighted by Crippen LogP contribution is 2.06. The lowest BCUT2D eigenvalue weighted by Crippen LogP contribution is -2.14. The van der Waals surface area contributed by atoms with Gasteiger partial charge in [-0.05, 0) is 24.4 Å². The maximum atomic E-state index is 11.9. The lowest BCUT2D eigenvalue weighted by Gasteiger charge is -2.03. The number of benzene rings is 1. The quantitative estimate of drug-likeness (QED) is 0.824. The van der Waals surface area contributed by atoms with Crippen LogP contribution < -0.4 is 5.32 Å². The molecule has 0 saturated carbocycles. The molecule has 0 fully saturated rings. The van der Waals surface area contributed by atoms with Gasteiger partial charge in [-0.1, -0.05) is 18.2 Å². The highest BCUT2D eigenvalue weighted by atomic mass is 32.1. The third kappa shape index (κ3) is 2.26. The van der Waals surface area contributed by atoms with Gasteiger partial charge in [-0.2, -0.15) is 0 Å². The number of hydrogen-bond donors (Lipinski definition) is 1. The highest BCUT2D eigenvalue weighted by Gasteiger charge is 2.10. The van der Waals surface area contributed by atoms with Crippen molar-refractivity contribution in [3.05, 3.63) is 40.7 Å². The number of aryl methyl sites for hydroxylation is 1. The number of carbonyl (C=O) groups excluding carboxylic acids is 1. The van der Waals surface area contributed by atoms with Crippen LogP contribution in [0.4, 0.5) is 5.95 Å². The van der Waals surface area contributed by atoms with Gasteiger partial charge >= 0.3 is 0 Å². The molecule has 6 heteroatoms. The van der Waals surface area contributed by atoms with Crippen molar-refractivity contribution < 1.29 is 4.79 Å². The molecule has 1 amide bonds. The fourth-order valence-electron chi connectivity index (χ4n) is 1.43. The molecule has 0 unspecified atom stereocenters. The zero-order chi connectivity index (χ0) is 12.4. The molecule has 88 valence electrons. The van der Waals surface area contributed by atoms with Crippen molar-refractivity contribution in [1.82, 2.24) is 14.3 Å². The average Bonchev–Trinajstić information content (AvgIpc) is 2.58. The summed E-state index contributed by atoms with van der Waals surface area (Å²) in [4.78, 5) is 11.9. The average molecular weight is 248 g/mol. The van der Waals surface area contributed by atoms with Crippen LogP contribution in [0.3, 0.4) is 0 Å². The standard InChI is InChI=1S/C11H12N4OS/c1-14-10(13-15(2)11(14)17)12-9(16)8-6-4-3-5-7-8/h3-7H,1-2H3,(H,12,13,16). The number of amides is 1. The maximum absolute atomic E-state index is 11.9. The Bertz CT molecular complexity index is 600. The van der Waals surface area contributed by atoms with E-state index in [0.29, 0.717) is 16.3 Å². The van der Waals surface area contributed by atoms with Gasteiger partial charge in [0.15, 0.2) is 4.77 Å². The molecule has 2 rings (SSSR count). The van der Waals surface area contributed by atoms with Gasteiger partial charge in [0.2, 0.25) is 5.95 Å². The molecule has 0 spiro atoms. The zero-order valence-corrected chi connectivity index (χ0v) is 10.4. The van der Waals surface area contributed by atoms with Gasteiger partial charge in [-0.25, -0.2) is 4.68 Å². The molecule has 1 N–H and O–H groups in total. The van der Waals surface area contributed by atoms with Crippen molar-refractivity contribution in [2.24, 2.45) is 14.1 Å². The Morgan fingerprint density at radius 1 is 1.29 bits per heavy atom. The molecule has 5 nitrogen and oxygen atoms in total. The summed E-state index contributed by atoms with van der Waals surface area (Å²) in [6.07, 6.45) is 0. The summed E-state index contributed by atoms with van der Waals surface area (Å²) in [6, 6.07) is 8.97. The predicted molar refractivity (Wildman–Crippen MR) is 67.4 cm³/mol. The minimum absolute atomic E-state index is 0.200. The fourth-order valence-corrected chi connectivity index (χ4v) is 1.56. The normalized spacial score (nSPS) is 10.2. The smallest absolute Gasteiger partial charge is 0.258 e. The Morgan fingerprint density at radius 2 is 1.94 bits per heavy atom. The van der Waals surface area contributed by atoms with Gasteiger partial charge < -0.3 is 0 Å². The van der Waals surface area contributed by atoms with Crippen molar-refractivity contribution >= 4 is 24.1 Å². The van der Waals surface area contributed by atoms with E-state index < -0.39 is 0 Å². The number of carbonyl (C=O) groups is 1. The Labute approximate surface area is 104 Å². The van der Waals surface area contributed by atoms with Crippen LogP contribution in [0, 0.1) is 4.77 Å². The summed E-state index contributed by atoms with van der Waals surface area (Å²) in [6.45, 7) is 0. The van der Waals surface area contributed by atoms with Gasteiger partial charge in [-0.3, -0.25) is 14.7 Å². The Kier molecular flexibility index (Phi) is 3.06. The molecule has 2 aromatic rings. The van der Waals surface area contributed by atoms with E-state index in [1.165, 1.54) is 4.68 Å². The first kappa shape index (κ1) is 11.5. The largest absolute Gasteiger partial charge is 0.291 e. The van der Waals surface area contributed by atoms with Gasteiger partial charge in [0, 0.05) is 19.7 Å². The van der Waals surface area contributed by atoms with E-state index >= 15 is 0 Å². The predicted octanol–water partition coefficient (Wildman–Crippen LogP) is 1.74. The molecule has 1 aromatic carbocycles. The van der Waals surface area contributed by atoms with Crippen LogP contribution in [0.1, 0.15) is 10.4 Å². The first-order valence-corrected chi connectivity index (χ1v) is 5.47. The number of rotatable bonds is 2. The van der Waals surface area contributed by atoms with Crippen LogP contribution in [0.25, 0.3) is 0 Å². The van der Waals surface area contributed by atoms with Gasteiger partial charge in [0.05, 0.1) is 0 Å². The summed E-state index contributed by atoms with van der Waals surface area (Å²) >= 11 is 5.10. The van der Waals surface area contributed by atoms with Crippen LogP contribution in [-0.2, 0) is 14.1 Å². The summed E-state index contributed by atoms with van der Waals surface area (Å²) < 4.78 is 3.74. The molecule has 0 radical (unpaired) electrons. The van der Waals surface area contributed by atoms with Crippen molar-refractivity contribution in [2.75, 3.05) is 5.32 Å². The van der Waals surface area contributed by atoms with Crippen LogP contribution >= 0.6 is 12.2 Å². The minimum Gasteiger partial charge on any atom is -0.291 e. The van der Waals surface area contributed by atoms with E-state index in [1.54, 1.807) is 30.8 Å². The van der Waals surface area contributed by atoms with Crippen molar-refractivity contribution in [3.8, 4) is 0 Å². The summed E-state index contributed by atoms with van der Waals surface area (Å²) in [5.74, 6) is 0.237. The molecule has 0 atom stereocenters. The van der Waals surface area contributed by atoms with E-state index in [1.807, 2.05) is 18.2 Å². The van der Waals surface area contributed by atoms with Gasteiger partial charge in [0.25, 0.3) is 5.91 Å². The van der Waals surface area contributed by atoms with E-state index in [2.05, 4.69) is 10.4 Å². The number of nitrogens with one attached hydrogen (secondary N) is 1. The maximum Gasteiger partial charge on any atom is 0.258 e. The van der Waals surface area contributed by atoms with E-state index in [4.69, 9.17) is 12.2 Å². The topological polar surface area (TPSA) is 51.9 Å². The second-order valence-corrected chi connectivity index (χ2v) is 3.97. The number of hydrogen-bond acceptors (Lipinski definition) is 3. The van der Waals surface area contributed by atoms with E-state index in [9.17, 15) is 4.79 Å². The highest BCUT2D eigenvalue weighted by molar-refractivity contribution is 7.71. The second kappa shape index (κ2) is 4.50. The van der Waals surface area contributed by atoms with Crippen LogP contribution in [0.5, 0.6) is 0 Å². The molecule has 17 heavy (non-hydrogen) atoms. The second-order valence-electron chi connectivity index (χ2n) is 3.61. The number of anilines is 1. The molecule has 0 aliphatic heterocycles. The first-order valence-electron chi connectivity index (χ1n) is 5.06. The Hall–Kier alpha value is -1.95. The Morgan fingerprint density at radius 3 is 2.47 bits per heavy atom. The van der Waals surface area contributed by atoms with E-state index in [-0.39, 0.29) is 5.91 Å². The first-order chi connectivity index (χ1) is 8.09. The lowest BCUT2D eigenvalue weighted by molar-refractivity contribution is 0.102. The van der Waals surface area contributed by atoms with Crippen LogP contribution in [0.15, 0.2) is 30.3 Å². The summed E-state index contributed by atoms with van der Waals surface area (Å²) in [5, 5.41) is 6.83. The summed E-state index contributed by atoms with van der Waals surface area (Å²) in [7, 11) is 3.50. The molecule has 0 saturated heterocycles. The SMILES string of the molecule is Cn1nc(NC(=O)c2ccccc2)n(C)c1=S. The van der Waals surface area contributed by atoms with Crippen LogP contribution in [0.2, 0.25) is 0 Å².